The Balaban J connectivity index is 2.21. The first-order chi connectivity index (χ1) is 7.68. The van der Waals surface area contributed by atoms with Gasteiger partial charge in [-0.05, 0) is 18.1 Å². The van der Waals surface area contributed by atoms with Crippen LogP contribution >= 0.6 is 27.3 Å². The van der Waals surface area contributed by atoms with E-state index in [1.807, 2.05) is 17.8 Å². The van der Waals surface area contributed by atoms with E-state index in [9.17, 15) is 0 Å². The van der Waals surface area contributed by atoms with Crippen LogP contribution in [0.15, 0.2) is 34.4 Å². The molecule has 2 aromatic rings. The third kappa shape index (κ3) is 2.51. The average Bonchev–Trinajstić information content (AvgIpc) is 2.74. The van der Waals surface area contributed by atoms with Gasteiger partial charge in [0.25, 0.3) is 0 Å². The number of halogens is 1. The average molecular weight is 297 g/mol. The predicted molar refractivity (Wildman–Crippen MR) is 71.6 cm³/mol. The molecule has 0 aliphatic heterocycles. The van der Waals surface area contributed by atoms with Gasteiger partial charge in [-0.2, -0.15) is 0 Å². The minimum atomic E-state index is 0.0229. The number of hydrogen-bond acceptors (Lipinski definition) is 3. The Hall–Kier alpha value is -0.710. The molecule has 1 atom stereocenters. The van der Waals surface area contributed by atoms with Gasteiger partial charge in [-0.15, -0.1) is 11.3 Å². The smallest absolute Gasteiger partial charge is 0.0794 e. The van der Waals surface area contributed by atoms with E-state index in [4.69, 9.17) is 5.73 Å². The molecule has 0 fully saturated rings. The van der Waals surface area contributed by atoms with Gasteiger partial charge in [0.2, 0.25) is 0 Å². The summed E-state index contributed by atoms with van der Waals surface area (Å²) < 4.78 is 1.12. The number of thiazole rings is 1. The number of aromatic nitrogens is 1. The quantitative estimate of drug-likeness (QED) is 0.942. The van der Waals surface area contributed by atoms with Gasteiger partial charge in [-0.25, -0.2) is 0 Å². The SMILES string of the molecule is Cc1cccc(C(N)Cc2cncs2)c1Br. The van der Waals surface area contributed by atoms with Crippen molar-refractivity contribution < 1.29 is 0 Å². The minimum absolute atomic E-state index is 0.0229. The standard InChI is InChI=1S/C12H13BrN2S/c1-8-3-2-4-10(12(8)13)11(14)5-9-6-15-7-16-9/h2-4,6-7,11H,5,14H2,1H3. The maximum Gasteiger partial charge on any atom is 0.0794 e. The number of nitrogens with zero attached hydrogens (tertiary/aromatic N) is 1. The molecular formula is C12H13BrN2S. The van der Waals surface area contributed by atoms with Crippen molar-refractivity contribution in [3.8, 4) is 0 Å². The van der Waals surface area contributed by atoms with Crippen molar-refractivity contribution in [1.82, 2.24) is 4.98 Å². The van der Waals surface area contributed by atoms with Crippen LogP contribution in [0.1, 0.15) is 22.0 Å². The second-order valence-electron chi connectivity index (χ2n) is 3.76. The summed E-state index contributed by atoms with van der Waals surface area (Å²) in [5, 5.41) is 0. The summed E-state index contributed by atoms with van der Waals surface area (Å²) in [6.07, 6.45) is 2.72. The van der Waals surface area contributed by atoms with Gasteiger partial charge in [0.05, 0.1) is 5.51 Å². The molecule has 1 heterocycles. The van der Waals surface area contributed by atoms with Crippen LogP contribution in [0.5, 0.6) is 0 Å². The number of benzene rings is 1. The highest BCUT2D eigenvalue weighted by molar-refractivity contribution is 9.10. The zero-order valence-electron chi connectivity index (χ0n) is 8.98. The van der Waals surface area contributed by atoms with Crippen LogP contribution < -0.4 is 5.73 Å². The molecule has 0 aliphatic rings. The fourth-order valence-electron chi connectivity index (χ4n) is 1.63. The first-order valence-corrected chi connectivity index (χ1v) is 6.73. The fourth-order valence-corrected chi connectivity index (χ4v) is 2.84. The highest BCUT2D eigenvalue weighted by Crippen LogP contribution is 2.27. The van der Waals surface area contributed by atoms with E-state index in [0.29, 0.717) is 0 Å². The van der Waals surface area contributed by atoms with E-state index >= 15 is 0 Å². The molecule has 2 nitrogen and oxygen atoms in total. The fraction of sp³-hybridized carbons (Fsp3) is 0.250. The summed E-state index contributed by atoms with van der Waals surface area (Å²) in [6, 6.07) is 6.22. The molecule has 2 N–H and O–H groups in total. The van der Waals surface area contributed by atoms with E-state index in [1.165, 1.54) is 10.4 Å². The van der Waals surface area contributed by atoms with Crippen molar-refractivity contribution in [1.29, 1.82) is 0 Å². The molecule has 1 aromatic carbocycles. The zero-order valence-corrected chi connectivity index (χ0v) is 11.4. The summed E-state index contributed by atoms with van der Waals surface area (Å²) in [7, 11) is 0. The van der Waals surface area contributed by atoms with E-state index in [1.54, 1.807) is 11.3 Å². The van der Waals surface area contributed by atoms with E-state index in [-0.39, 0.29) is 6.04 Å². The Labute approximate surface area is 108 Å². The second-order valence-corrected chi connectivity index (χ2v) is 5.52. The Morgan fingerprint density at radius 2 is 2.31 bits per heavy atom. The lowest BCUT2D eigenvalue weighted by Gasteiger charge is -2.14. The molecular weight excluding hydrogens is 284 g/mol. The third-order valence-electron chi connectivity index (χ3n) is 2.53. The van der Waals surface area contributed by atoms with Crippen molar-refractivity contribution >= 4 is 27.3 Å². The molecule has 84 valence electrons. The van der Waals surface area contributed by atoms with Crippen LogP contribution in [-0.4, -0.2) is 4.98 Å². The largest absolute Gasteiger partial charge is 0.324 e. The highest BCUT2D eigenvalue weighted by atomic mass is 79.9. The van der Waals surface area contributed by atoms with Gasteiger partial charge >= 0.3 is 0 Å². The Morgan fingerprint density at radius 3 is 3.00 bits per heavy atom. The normalized spacial score (nSPS) is 12.7. The molecule has 0 bridgehead atoms. The van der Waals surface area contributed by atoms with Crippen molar-refractivity contribution in [2.45, 2.75) is 19.4 Å². The summed E-state index contributed by atoms with van der Waals surface area (Å²) in [6.45, 7) is 2.08. The Bertz CT molecular complexity index is 468. The Morgan fingerprint density at radius 1 is 1.50 bits per heavy atom. The van der Waals surface area contributed by atoms with Gasteiger partial charge in [0.1, 0.15) is 0 Å². The number of hydrogen-bond donors (Lipinski definition) is 1. The van der Waals surface area contributed by atoms with Gasteiger partial charge in [-0.1, -0.05) is 34.1 Å². The van der Waals surface area contributed by atoms with Gasteiger partial charge in [0.15, 0.2) is 0 Å². The van der Waals surface area contributed by atoms with Gasteiger partial charge in [-0.3, -0.25) is 4.98 Å². The van der Waals surface area contributed by atoms with Crippen molar-refractivity contribution in [2.24, 2.45) is 5.73 Å². The summed E-state index contributed by atoms with van der Waals surface area (Å²) in [4.78, 5) is 5.28. The van der Waals surface area contributed by atoms with E-state index in [2.05, 4.69) is 40.0 Å². The first-order valence-electron chi connectivity index (χ1n) is 5.06. The van der Waals surface area contributed by atoms with Crippen LogP contribution in [0.2, 0.25) is 0 Å². The minimum Gasteiger partial charge on any atom is -0.324 e. The molecule has 0 saturated heterocycles. The zero-order chi connectivity index (χ0) is 11.5. The summed E-state index contributed by atoms with van der Waals surface area (Å²) >= 11 is 5.24. The lowest BCUT2D eigenvalue weighted by molar-refractivity contribution is 0.724. The molecule has 0 radical (unpaired) electrons. The van der Waals surface area contributed by atoms with Gasteiger partial charge in [0, 0.05) is 28.0 Å². The Kier molecular flexibility index (Phi) is 3.74. The van der Waals surface area contributed by atoms with Gasteiger partial charge < -0.3 is 5.73 Å². The van der Waals surface area contributed by atoms with E-state index < -0.39 is 0 Å². The van der Waals surface area contributed by atoms with E-state index in [0.717, 1.165) is 16.5 Å². The number of rotatable bonds is 3. The highest BCUT2D eigenvalue weighted by Gasteiger charge is 2.12. The molecule has 16 heavy (non-hydrogen) atoms. The van der Waals surface area contributed by atoms with Crippen molar-refractivity contribution in [3.05, 3.63) is 50.4 Å². The lowest BCUT2D eigenvalue weighted by Crippen LogP contribution is -2.13. The number of nitrogens with two attached hydrogens (primary N) is 1. The maximum absolute atomic E-state index is 6.20. The molecule has 2 rings (SSSR count). The van der Waals surface area contributed by atoms with Crippen molar-refractivity contribution in [2.75, 3.05) is 0 Å². The first kappa shape index (κ1) is 11.8. The van der Waals surface area contributed by atoms with Crippen LogP contribution in [0, 0.1) is 6.92 Å². The molecule has 0 amide bonds. The molecule has 1 aromatic heterocycles. The molecule has 0 spiro atoms. The molecule has 4 heteroatoms. The van der Waals surface area contributed by atoms with Crippen molar-refractivity contribution in [3.63, 3.8) is 0 Å². The van der Waals surface area contributed by atoms with Crippen LogP contribution in [0.4, 0.5) is 0 Å². The van der Waals surface area contributed by atoms with Crippen LogP contribution in [0.25, 0.3) is 0 Å². The molecule has 0 saturated carbocycles. The molecule has 0 aliphatic carbocycles. The second kappa shape index (κ2) is 5.08. The van der Waals surface area contributed by atoms with Crippen LogP contribution in [0.3, 0.4) is 0 Å². The monoisotopic (exact) mass is 296 g/mol. The predicted octanol–water partition coefficient (Wildman–Crippen LogP) is 3.46. The number of aryl methyl sites for hydroxylation is 1. The third-order valence-corrected chi connectivity index (χ3v) is 4.41. The topological polar surface area (TPSA) is 38.9 Å². The molecule has 1 unspecified atom stereocenters. The lowest BCUT2D eigenvalue weighted by atomic mass is 10.0. The summed E-state index contributed by atoms with van der Waals surface area (Å²) in [5.74, 6) is 0. The maximum atomic E-state index is 6.20. The van der Waals surface area contributed by atoms with Crippen LogP contribution in [-0.2, 0) is 6.42 Å². The summed E-state index contributed by atoms with van der Waals surface area (Å²) in [5.41, 5.74) is 10.4.